The lowest BCUT2D eigenvalue weighted by molar-refractivity contribution is -0.121. The number of aldehydes is 1. The molecule has 5 nitrogen and oxygen atoms in total. The van der Waals surface area contributed by atoms with Crippen LogP contribution in [0.4, 0.5) is 0 Å². The highest BCUT2D eigenvalue weighted by Gasteiger charge is 1.99. The van der Waals surface area contributed by atoms with Crippen LogP contribution in [-0.4, -0.2) is 45.2 Å². The highest BCUT2D eigenvalue weighted by molar-refractivity contribution is 5.75. The fourth-order valence-corrected chi connectivity index (χ4v) is 1.41. The van der Waals surface area contributed by atoms with Gasteiger partial charge in [-0.25, -0.2) is 0 Å². The fourth-order valence-electron chi connectivity index (χ4n) is 1.41. The van der Waals surface area contributed by atoms with Crippen LogP contribution >= 0.6 is 0 Å². The summed E-state index contributed by atoms with van der Waals surface area (Å²) in [5.74, 6) is 0.0897. The third-order valence-corrected chi connectivity index (χ3v) is 2.38. The lowest BCUT2D eigenvalue weighted by Crippen LogP contribution is -2.27. The second-order valence-corrected chi connectivity index (χ2v) is 4.01. The highest BCUT2D eigenvalue weighted by Crippen LogP contribution is 2.01. The van der Waals surface area contributed by atoms with E-state index < -0.39 is 0 Å². The molecule has 0 spiro atoms. The third kappa shape index (κ3) is 13.1. The van der Waals surface area contributed by atoms with E-state index in [1.165, 1.54) is 12.8 Å². The van der Waals surface area contributed by atoms with Gasteiger partial charge in [0.05, 0.1) is 19.8 Å². The maximum atomic E-state index is 11.4. The van der Waals surface area contributed by atoms with Crippen LogP contribution < -0.4 is 5.32 Å². The standard InChI is InChI=1S/C13H25NO4/c1-2-3-4-5-6-13(16)14-7-9-17-11-12-18-10-8-15/h8H,2-7,9-12H2,1H3,(H,14,16). The van der Waals surface area contributed by atoms with E-state index >= 15 is 0 Å². The monoisotopic (exact) mass is 259 g/mol. The van der Waals surface area contributed by atoms with Gasteiger partial charge in [0.1, 0.15) is 12.9 Å². The van der Waals surface area contributed by atoms with Crippen molar-refractivity contribution in [2.24, 2.45) is 0 Å². The number of ether oxygens (including phenoxy) is 2. The van der Waals surface area contributed by atoms with E-state index in [0.29, 0.717) is 39.1 Å². The predicted octanol–water partition coefficient (Wildman–Crippen LogP) is 1.31. The van der Waals surface area contributed by atoms with Gasteiger partial charge in [-0.05, 0) is 6.42 Å². The summed E-state index contributed by atoms with van der Waals surface area (Å²) in [7, 11) is 0. The molecule has 0 heterocycles. The van der Waals surface area contributed by atoms with Crippen molar-refractivity contribution in [3.05, 3.63) is 0 Å². The SMILES string of the molecule is CCCCCCC(=O)NCCOCCOCC=O. The molecule has 0 aromatic rings. The van der Waals surface area contributed by atoms with Crippen LogP contribution in [-0.2, 0) is 19.1 Å². The zero-order valence-corrected chi connectivity index (χ0v) is 11.3. The highest BCUT2D eigenvalue weighted by atomic mass is 16.5. The number of carbonyl (C=O) groups is 2. The Morgan fingerprint density at radius 1 is 1.11 bits per heavy atom. The normalized spacial score (nSPS) is 10.3. The molecule has 1 N–H and O–H groups in total. The summed E-state index contributed by atoms with van der Waals surface area (Å²) in [5, 5.41) is 2.80. The minimum absolute atomic E-state index is 0.0897. The summed E-state index contributed by atoms with van der Waals surface area (Å²) in [6.45, 7) is 4.11. The van der Waals surface area contributed by atoms with Gasteiger partial charge in [-0.3, -0.25) is 4.79 Å². The molecule has 0 saturated carbocycles. The number of hydrogen-bond acceptors (Lipinski definition) is 4. The second-order valence-electron chi connectivity index (χ2n) is 4.01. The van der Waals surface area contributed by atoms with Crippen LogP contribution in [0.1, 0.15) is 39.0 Å². The Morgan fingerprint density at radius 2 is 1.89 bits per heavy atom. The average molecular weight is 259 g/mol. The Morgan fingerprint density at radius 3 is 2.61 bits per heavy atom. The van der Waals surface area contributed by atoms with Crippen molar-refractivity contribution < 1.29 is 19.1 Å². The van der Waals surface area contributed by atoms with Crippen molar-refractivity contribution in [3.63, 3.8) is 0 Å². The molecule has 1 amide bonds. The Labute approximate surface area is 109 Å². The van der Waals surface area contributed by atoms with E-state index in [9.17, 15) is 9.59 Å². The first-order valence-electron chi connectivity index (χ1n) is 6.67. The molecular formula is C13H25NO4. The molecule has 18 heavy (non-hydrogen) atoms. The van der Waals surface area contributed by atoms with Crippen molar-refractivity contribution in [1.82, 2.24) is 5.32 Å². The minimum Gasteiger partial charge on any atom is -0.377 e. The van der Waals surface area contributed by atoms with Crippen LogP contribution in [0.5, 0.6) is 0 Å². The molecule has 0 saturated heterocycles. The van der Waals surface area contributed by atoms with Gasteiger partial charge in [0.2, 0.25) is 5.91 Å². The largest absolute Gasteiger partial charge is 0.377 e. The van der Waals surface area contributed by atoms with Gasteiger partial charge in [-0.1, -0.05) is 26.2 Å². The van der Waals surface area contributed by atoms with Crippen molar-refractivity contribution >= 4 is 12.2 Å². The van der Waals surface area contributed by atoms with Crippen LogP contribution in [0.25, 0.3) is 0 Å². The van der Waals surface area contributed by atoms with Gasteiger partial charge >= 0.3 is 0 Å². The average Bonchev–Trinajstić information content (AvgIpc) is 2.38. The Hall–Kier alpha value is -0.940. The van der Waals surface area contributed by atoms with Gasteiger partial charge in [-0.2, -0.15) is 0 Å². The molecular weight excluding hydrogens is 234 g/mol. The Balaban J connectivity index is 3.12. The maximum absolute atomic E-state index is 11.4. The Bertz CT molecular complexity index is 209. The summed E-state index contributed by atoms with van der Waals surface area (Å²) in [5.41, 5.74) is 0. The second kappa shape index (κ2) is 14.1. The molecule has 0 bridgehead atoms. The van der Waals surface area contributed by atoms with Gasteiger partial charge < -0.3 is 19.6 Å². The van der Waals surface area contributed by atoms with Crippen molar-refractivity contribution in [2.45, 2.75) is 39.0 Å². The van der Waals surface area contributed by atoms with Gasteiger partial charge in [0.15, 0.2) is 0 Å². The quantitative estimate of drug-likeness (QED) is 0.400. The van der Waals surface area contributed by atoms with Crippen LogP contribution in [0.15, 0.2) is 0 Å². The molecule has 106 valence electrons. The molecule has 0 aliphatic heterocycles. The Kier molecular flexibility index (Phi) is 13.4. The molecule has 0 aromatic carbocycles. The van der Waals surface area contributed by atoms with Crippen molar-refractivity contribution in [3.8, 4) is 0 Å². The lowest BCUT2D eigenvalue weighted by Gasteiger charge is -2.06. The summed E-state index contributed by atoms with van der Waals surface area (Å²) in [4.78, 5) is 21.3. The van der Waals surface area contributed by atoms with E-state index in [-0.39, 0.29) is 12.5 Å². The summed E-state index contributed by atoms with van der Waals surface area (Å²) >= 11 is 0. The fraction of sp³-hybridized carbons (Fsp3) is 0.846. The lowest BCUT2D eigenvalue weighted by atomic mass is 10.1. The zero-order valence-electron chi connectivity index (χ0n) is 11.3. The summed E-state index contributed by atoms with van der Waals surface area (Å²) in [6, 6.07) is 0. The first-order chi connectivity index (χ1) is 8.81. The first kappa shape index (κ1) is 17.1. The maximum Gasteiger partial charge on any atom is 0.220 e. The molecule has 0 rings (SSSR count). The van der Waals surface area contributed by atoms with Crippen molar-refractivity contribution in [2.75, 3.05) is 33.0 Å². The number of nitrogens with one attached hydrogen (secondary N) is 1. The number of amides is 1. The van der Waals surface area contributed by atoms with Crippen LogP contribution in [0, 0.1) is 0 Å². The molecule has 0 radical (unpaired) electrons. The molecule has 0 aliphatic rings. The molecule has 0 aliphatic carbocycles. The topological polar surface area (TPSA) is 64.6 Å². The molecule has 5 heteroatoms. The first-order valence-corrected chi connectivity index (χ1v) is 6.67. The molecule has 0 aromatic heterocycles. The van der Waals surface area contributed by atoms with E-state index in [4.69, 9.17) is 9.47 Å². The number of hydrogen-bond donors (Lipinski definition) is 1. The van der Waals surface area contributed by atoms with E-state index in [0.717, 1.165) is 12.8 Å². The van der Waals surface area contributed by atoms with Gasteiger partial charge in [0.25, 0.3) is 0 Å². The molecule has 0 unspecified atom stereocenters. The minimum atomic E-state index is 0.0897. The van der Waals surface area contributed by atoms with Crippen LogP contribution in [0.2, 0.25) is 0 Å². The predicted molar refractivity (Wildman–Crippen MR) is 69.5 cm³/mol. The number of rotatable bonds is 13. The van der Waals surface area contributed by atoms with Gasteiger partial charge in [-0.15, -0.1) is 0 Å². The van der Waals surface area contributed by atoms with E-state index in [1.807, 2.05) is 0 Å². The van der Waals surface area contributed by atoms with Crippen LogP contribution in [0.3, 0.4) is 0 Å². The summed E-state index contributed by atoms with van der Waals surface area (Å²) < 4.78 is 10.1. The van der Waals surface area contributed by atoms with Gasteiger partial charge in [0, 0.05) is 13.0 Å². The smallest absolute Gasteiger partial charge is 0.220 e. The molecule has 0 fully saturated rings. The summed E-state index contributed by atoms with van der Waals surface area (Å²) in [6.07, 6.45) is 5.76. The number of unbranched alkanes of at least 4 members (excludes halogenated alkanes) is 3. The van der Waals surface area contributed by atoms with E-state index in [2.05, 4.69) is 12.2 Å². The van der Waals surface area contributed by atoms with E-state index in [1.54, 1.807) is 0 Å². The third-order valence-electron chi connectivity index (χ3n) is 2.38. The number of carbonyl (C=O) groups excluding carboxylic acids is 2. The van der Waals surface area contributed by atoms with Crippen molar-refractivity contribution in [1.29, 1.82) is 0 Å². The molecule has 0 atom stereocenters. The zero-order chi connectivity index (χ0) is 13.5.